The molecule has 0 spiro atoms. The van der Waals surface area contributed by atoms with Gasteiger partial charge in [-0.15, -0.1) is 0 Å². The highest BCUT2D eigenvalue weighted by Crippen LogP contribution is 2.37. The molecule has 0 N–H and O–H groups in total. The third-order valence-corrected chi connectivity index (χ3v) is 3.52. The van der Waals surface area contributed by atoms with Crippen LogP contribution in [0.3, 0.4) is 0 Å². The monoisotopic (exact) mass is 244 g/mol. The van der Waals surface area contributed by atoms with Crippen LogP contribution in [-0.2, 0) is 0 Å². The molecule has 2 heterocycles. The minimum absolute atomic E-state index is 0.486. The normalized spacial score (nSPS) is 12.3. The zero-order chi connectivity index (χ0) is 13.4. The van der Waals surface area contributed by atoms with E-state index in [-0.39, 0.29) is 0 Å². The van der Waals surface area contributed by atoms with Crippen molar-refractivity contribution in [1.82, 2.24) is 9.55 Å². The maximum absolute atomic E-state index is 4.32. The summed E-state index contributed by atoms with van der Waals surface area (Å²) in [5.41, 5.74) is 4.28. The van der Waals surface area contributed by atoms with Crippen molar-refractivity contribution in [3.63, 3.8) is 0 Å². The van der Waals surface area contributed by atoms with Crippen LogP contribution in [0.15, 0.2) is 18.5 Å². The number of hydrogen-bond acceptors (Lipinski definition) is 1. The standard InChI is InChI=1S/C16H24N2/c1-10(2)15-13-9-17-8-7-14(13)18(12(5)6)16(15)11(3)4/h7-12H,1-6H3. The van der Waals surface area contributed by atoms with Gasteiger partial charge in [0.25, 0.3) is 0 Å². The van der Waals surface area contributed by atoms with E-state index in [9.17, 15) is 0 Å². The molecule has 0 aliphatic carbocycles. The second kappa shape index (κ2) is 4.75. The van der Waals surface area contributed by atoms with E-state index in [1.54, 1.807) is 0 Å². The molecule has 0 saturated heterocycles. The zero-order valence-corrected chi connectivity index (χ0v) is 12.4. The zero-order valence-electron chi connectivity index (χ0n) is 12.4. The van der Waals surface area contributed by atoms with Crippen molar-refractivity contribution in [1.29, 1.82) is 0 Å². The molecule has 0 fully saturated rings. The van der Waals surface area contributed by atoms with Gasteiger partial charge in [0.2, 0.25) is 0 Å². The summed E-state index contributed by atoms with van der Waals surface area (Å²) in [7, 11) is 0. The van der Waals surface area contributed by atoms with Gasteiger partial charge in [-0.2, -0.15) is 0 Å². The van der Waals surface area contributed by atoms with Crippen LogP contribution in [0, 0.1) is 0 Å². The van der Waals surface area contributed by atoms with Crippen molar-refractivity contribution in [2.45, 2.75) is 59.4 Å². The Labute approximate surface area is 110 Å². The molecule has 0 unspecified atom stereocenters. The van der Waals surface area contributed by atoms with Gasteiger partial charge in [0, 0.05) is 29.5 Å². The predicted molar refractivity (Wildman–Crippen MR) is 78.3 cm³/mol. The van der Waals surface area contributed by atoms with Gasteiger partial charge in [0.05, 0.1) is 5.52 Å². The van der Waals surface area contributed by atoms with Crippen LogP contribution in [0.1, 0.15) is 70.7 Å². The molecular weight excluding hydrogens is 220 g/mol. The van der Waals surface area contributed by atoms with E-state index < -0.39 is 0 Å². The number of nitrogens with zero attached hydrogens (tertiary/aromatic N) is 2. The fraction of sp³-hybridized carbons (Fsp3) is 0.562. The van der Waals surface area contributed by atoms with Crippen LogP contribution in [0.5, 0.6) is 0 Å². The Bertz CT molecular complexity index is 502. The first-order valence-electron chi connectivity index (χ1n) is 6.92. The topological polar surface area (TPSA) is 17.8 Å². The van der Waals surface area contributed by atoms with Crippen molar-refractivity contribution in [2.75, 3.05) is 0 Å². The Morgan fingerprint density at radius 1 is 1.00 bits per heavy atom. The molecule has 98 valence electrons. The highest BCUT2D eigenvalue weighted by molar-refractivity contribution is 5.85. The van der Waals surface area contributed by atoms with Crippen molar-refractivity contribution in [3.8, 4) is 0 Å². The van der Waals surface area contributed by atoms with Crippen LogP contribution in [-0.4, -0.2) is 9.55 Å². The second-order valence-corrected chi connectivity index (χ2v) is 5.96. The van der Waals surface area contributed by atoms with Gasteiger partial charge < -0.3 is 4.57 Å². The molecule has 0 amide bonds. The van der Waals surface area contributed by atoms with E-state index in [2.05, 4.69) is 57.2 Å². The molecule has 0 atom stereocenters. The maximum Gasteiger partial charge on any atom is 0.0519 e. The largest absolute Gasteiger partial charge is 0.341 e. The number of rotatable bonds is 3. The summed E-state index contributed by atoms with van der Waals surface area (Å²) >= 11 is 0. The molecule has 2 heteroatoms. The average molecular weight is 244 g/mol. The molecule has 0 saturated carbocycles. The van der Waals surface area contributed by atoms with Gasteiger partial charge in [0.1, 0.15) is 0 Å². The Morgan fingerprint density at radius 2 is 1.67 bits per heavy atom. The lowest BCUT2D eigenvalue weighted by Gasteiger charge is -2.19. The van der Waals surface area contributed by atoms with Gasteiger partial charge in [-0.25, -0.2) is 0 Å². The molecule has 0 radical (unpaired) electrons. The van der Waals surface area contributed by atoms with Crippen molar-refractivity contribution in [2.24, 2.45) is 0 Å². The smallest absolute Gasteiger partial charge is 0.0519 e. The Kier molecular flexibility index (Phi) is 3.47. The molecular formula is C16H24N2. The SMILES string of the molecule is CC(C)c1c(C(C)C)n(C(C)C)c2ccncc12. The van der Waals surface area contributed by atoms with Crippen molar-refractivity contribution < 1.29 is 0 Å². The number of hydrogen-bond donors (Lipinski definition) is 0. The summed E-state index contributed by atoms with van der Waals surface area (Å²) in [5.74, 6) is 1.08. The van der Waals surface area contributed by atoms with Crippen LogP contribution in [0.4, 0.5) is 0 Å². The first-order valence-corrected chi connectivity index (χ1v) is 6.92. The number of aromatic nitrogens is 2. The van der Waals surface area contributed by atoms with Crippen LogP contribution in [0.2, 0.25) is 0 Å². The summed E-state index contributed by atoms with van der Waals surface area (Å²) in [5, 5.41) is 1.32. The first-order chi connectivity index (χ1) is 8.45. The lowest BCUT2D eigenvalue weighted by molar-refractivity contribution is 0.569. The molecule has 0 aliphatic heterocycles. The average Bonchev–Trinajstić information content (AvgIpc) is 2.63. The Balaban J connectivity index is 2.91. The van der Waals surface area contributed by atoms with E-state index in [0.29, 0.717) is 17.9 Å². The van der Waals surface area contributed by atoms with Gasteiger partial charge in [0.15, 0.2) is 0 Å². The van der Waals surface area contributed by atoms with Gasteiger partial charge in [-0.1, -0.05) is 27.7 Å². The van der Waals surface area contributed by atoms with Crippen LogP contribution >= 0.6 is 0 Å². The highest BCUT2D eigenvalue weighted by Gasteiger charge is 2.22. The van der Waals surface area contributed by atoms with Crippen molar-refractivity contribution in [3.05, 3.63) is 29.7 Å². The minimum atomic E-state index is 0.486. The summed E-state index contributed by atoms with van der Waals surface area (Å²) in [6.07, 6.45) is 3.92. The summed E-state index contributed by atoms with van der Waals surface area (Å²) in [6, 6.07) is 2.63. The molecule has 2 aromatic heterocycles. The third kappa shape index (κ3) is 1.94. The lowest BCUT2D eigenvalue weighted by atomic mass is 9.95. The van der Waals surface area contributed by atoms with Crippen molar-refractivity contribution >= 4 is 10.9 Å². The second-order valence-electron chi connectivity index (χ2n) is 5.96. The molecule has 0 aromatic carbocycles. The number of fused-ring (bicyclic) bond motifs is 1. The first kappa shape index (κ1) is 13.1. The van der Waals surface area contributed by atoms with Gasteiger partial charge >= 0.3 is 0 Å². The molecule has 0 aliphatic rings. The quantitative estimate of drug-likeness (QED) is 0.753. The number of pyridine rings is 1. The molecule has 18 heavy (non-hydrogen) atoms. The highest BCUT2D eigenvalue weighted by atomic mass is 15.0. The van der Waals surface area contributed by atoms with E-state index in [0.717, 1.165) is 0 Å². The minimum Gasteiger partial charge on any atom is -0.341 e. The molecule has 0 bridgehead atoms. The summed E-state index contributed by atoms with van der Waals surface area (Å²) in [4.78, 5) is 4.32. The fourth-order valence-corrected chi connectivity index (χ4v) is 2.95. The fourth-order valence-electron chi connectivity index (χ4n) is 2.95. The summed E-state index contributed by atoms with van der Waals surface area (Å²) in [6.45, 7) is 13.6. The lowest BCUT2D eigenvalue weighted by Crippen LogP contribution is -2.08. The Morgan fingerprint density at radius 3 is 2.17 bits per heavy atom. The molecule has 2 rings (SSSR count). The van der Waals surface area contributed by atoms with E-state index in [1.807, 2.05) is 12.4 Å². The third-order valence-electron chi connectivity index (χ3n) is 3.52. The Hall–Kier alpha value is -1.31. The van der Waals surface area contributed by atoms with Crippen LogP contribution < -0.4 is 0 Å². The van der Waals surface area contributed by atoms with E-state index in [4.69, 9.17) is 0 Å². The van der Waals surface area contributed by atoms with Gasteiger partial charge in [-0.3, -0.25) is 4.98 Å². The van der Waals surface area contributed by atoms with Crippen LogP contribution in [0.25, 0.3) is 10.9 Å². The molecule has 2 aromatic rings. The van der Waals surface area contributed by atoms with E-state index in [1.165, 1.54) is 22.2 Å². The predicted octanol–water partition coefficient (Wildman–Crippen LogP) is 4.86. The van der Waals surface area contributed by atoms with E-state index >= 15 is 0 Å². The maximum atomic E-state index is 4.32. The summed E-state index contributed by atoms with van der Waals surface area (Å²) < 4.78 is 2.48. The van der Waals surface area contributed by atoms with Gasteiger partial charge in [-0.05, 0) is 37.3 Å². The molecule has 2 nitrogen and oxygen atoms in total.